The van der Waals surface area contributed by atoms with E-state index in [0.29, 0.717) is 17.7 Å². The molecule has 0 fully saturated rings. The third kappa shape index (κ3) is 4.82. The third-order valence-electron chi connectivity index (χ3n) is 4.31. The number of rotatable bonds is 7. The maximum Gasteiger partial charge on any atom is 0.252 e. The summed E-state index contributed by atoms with van der Waals surface area (Å²) in [7, 11) is 4.03. The minimum absolute atomic E-state index is 0.110. The molecule has 3 rings (SSSR count). The van der Waals surface area contributed by atoms with Crippen molar-refractivity contribution in [3.05, 3.63) is 82.0 Å². The Morgan fingerprint density at radius 2 is 1.82 bits per heavy atom. The van der Waals surface area contributed by atoms with Gasteiger partial charge < -0.3 is 10.2 Å². The molecule has 1 unspecified atom stereocenters. The van der Waals surface area contributed by atoms with Gasteiger partial charge in [-0.05, 0) is 49.8 Å². The first-order valence-electron chi connectivity index (χ1n) is 8.84. The first-order valence-corrected chi connectivity index (χ1v) is 10.5. The topological polar surface area (TPSA) is 56.1 Å². The molecule has 0 aliphatic heterocycles. The lowest BCUT2D eigenvalue weighted by Gasteiger charge is -2.23. The van der Waals surface area contributed by atoms with Crippen molar-refractivity contribution in [3.8, 4) is 6.07 Å². The Morgan fingerprint density at radius 3 is 2.50 bits per heavy atom. The van der Waals surface area contributed by atoms with Crippen molar-refractivity contribution < 1.29 is 4.79 Å². The number of nitrogens with one attached hydrogen (secondary N) is 1. The Morgan fingerprint density at radius 1 is 1.11 bits per heavy atom. The largest absolute Gasteiger partial charge is 0.350 e. The van der Waals surface area contributed by atoms with Gasteiger partial charge in [0.1, 0.15) is 6.07 Å². The van der Waals surface area contributed by atoms with E-state index in [1.165, 1.54) is 16.6 Å². The van der Waals surface area contributed by atoms with Crippen molar-refractivity contribution in [1.82, 2.24) is 10.2 Å². The van der Waals surface area contributed by atoms with Crippen LogP contribution in [0.25, 0.3) is 0 Å². The van der Waals surface area contributed by atoms with E-state index in [1.54, 1.807) is 17.4 Å². The van der Waals surface area contributed by atoms with E-state index in [0.717, 1.165) is 9.79 Å². The summed E-state index contributed by atoms with van der Waals surface area (Å²) in [5.74, 6) is -0.110. The molecule has 1 heterocycles. The monoisotopic (exact) mass is 407 g/mol. The summed E-state index contributed by atoms with van der Waals surface area (Å²) < 4.78 is 0. The summed E-state index contributed by atoms with van der Waals surface area (Å²) in [6, 6.07) is 21.4. The molecule has 1 amide bonds. The molecule has 3 aromatic rings. The van der Waals surface area contributed by atoms with E-state index in [-0.39, 0.29) is 11.9 Å². The van der Waals surface area contributed by atoms with Gasteiger partial charge in [0.25, 0.3) is 5.91 Å². The molecule has 4 nitrogen and oxygen atoms in total. The smallest absolute Gasteiger partial charge is 0.252 e. The Hall–Kier alpha value is -2.59. The SMILES string of the molecule is CN(C)C(CNC(=O)c1ccccc1Sc1ccccc1C#N)c1cccs1. The highest BCUT2D eigenvalue weighted by molar-refractivity contribution is 7.99. The van der Waals surface area contributed by atoms with Gasteiger partial charge in [-0.3, -0.25) is 4.79 Å². The second-order valence-corrected chi connectivity index (χ2v) is 8.47. The van der Waals surface area contributed by atoms with Crippen LogP contribution in [-0.4, -0.2) is 31.4 Å². The van der Waals surface area contributed by atoms with E-state index in [4.69, 9.17) is 0 Å². The normalized spacial score (nSPS) is 11.8. The fourth-order valence-corrected chi connectivity index (χ4v) is 4.76. The van der Waals surface area contributed by atoms with Crippen molar-refractivity contribution in [2.75, 3.05) is 20.6 Å². The summed E-state index contributed by atoms with van der Waals surface area (Å²) in [6.07, 6.45) is 0. The molecule has 0 spiro atoms. The lowest BCUT2D eigenvalue weighted by atomic mass is 10.2. The molecule has 2 aromatic carbocycles. The molecule has 0 saturated heterocycles. The maximum atomic E-state index is 12.9. The van der Waals surface area contributed by atoms with Crippen LogP contribution in [-0.2, 0) is 0 Å². The number of hydrogen-bond donors (Lipinski definition) is 1. The van der Waals surface area contributed by atoms with Crippen LogP contribution in [0, 0.1) is 11.3 Å². The zero-order chi connectivity index (χ0) is 19.9. The number of thiophene rings is 1. The Bertz CT molecular complexity index is 977. The van der Waals surface area contributed by atoms with Crippen LogP contribution >= 0.6 is 23.1 Å². The number of benzene rings is 2. The highest BCUT2D eigenvalue weighted by Gasteiger charge is 2.18. The molecular weight excluding hydrogens is 386 g/mol. The van der Waals surface area contributed by atoms with Gasteiger partial charge in [-0.15, -0.1) is 11.3 Å². The summed E-state index contributed by atoms with van der Waals surface area (Å²) >= 11 is 3.13. The summed E-state index contributed by atoms with van der Waals surface area (Å²) in [6.45, 7) is 0.528. The number of likely N-dealkylation sites (N-methyl/N-ethyl adjacent to an activating group) is 1. The Balaban J connectivity index is 1.77. The predicted molar refractivity (Wildman–Crippen MR) is 115 cm³/mol. The molecule has 142 valence electrons. The lowest BCUT2D eigenvalue weighted by Crippen LogP contribution is -2.34. The summed E-state index contributed by atoms with van der Waals surface area (Å²) in [5, 5.41) is 14.4. The molecule has 1 aromatic heterocycles. The Kier molecular flexibility index (Phi) is 6.88. The molecule has 1 N–H and O–H groups in total. The number of amides is 1. The van der Waals surface area contributed by atoms with Crippen LogP contribution in [0.2, 0.25) is 0 Å². The average Bonchev–Trinajstić information content (AvgIpc) is 3.23. The van der Waals surface area contributed by atoms with Crippen LogP contribution in [0.3, 0.4) is 0 Å². The van der Waals surface area contributed by atoms with Gasteiger partial charge in [0.05, 0.1) is 17.2 Å². The van der Waals surface area contributed by atoms with Crippen LogP contribution in [0.15, 0.2) is 75.8 Å². The highest BCUT2D eigenvalue weighted by atomic mass is 32.2. The van der Waals surface area contributed by atoms with Crippen LogP contribution in [0.4, 0.5) is 0 Å². The molecule has 0 saturated carbocycles. The van der Waals surface area contributed by atoms with E-state index in [2.05, 4.69) is 22.4 Å². The molecule has 0 aliphatic carbocycles. The van der Waals surface area contributed by atoms with Crippen molar-refractivity contribution in [2.45, 2.75) is 15.8 Å². The van der Waals surface area contributed by atoms with Gasteiger partial charge >= 0.3 is 0 Å². The number of nitrogens with zero attached hydrogens (tertiary/aromatic N) is 2. The molecule has 28 heavy (non-hydrogen) atoms. The van der Waals surface area contributed by atoms with Crippen molar-refractivity contribution in [2.24, 2.45) is 0 Å². The number of carbonyl (C=O) groups is 1. The molecule has 0 aliphatic rings. The van der Waals surface area contributed by atoms with Gasteiger partial charge in [-0.25, -0.2) is 0 Å². The van der Waals surface area contributed by atoms with Gasteiger partial charge in [-0.2, -0.15) is 5.26 Å². The number of hydrogen-bond acceptors (Lipinski definition) is 5. The molecule has 0 bridgehead atoms. The molecule has 0 radical (unpaired) electrons. The summed E-state index contributed by atoms with van der Waals surface area (Å²) in [4.78, 5) is 17.9. The van der Waals surface area contributed by atoms with Crippen molar-refractivity contribution in [1.29, 1.82) is 5.26 Å². The average molecular weight is 408 g/mol. The van der Waals surface area contributed by atoms with Crippen LogP contribution in [0.5, 0.6) is 0 Å². The molecule has 6 heteroatoms. The van der Waals surface area contributed by atoms with Gasteiger partial charge in [-0.1, -0.05) is 42.1 Å². The highest BCUT2D eigenvalue weighted by Crippen LogP contribution is 2.32. The predicted octanol–water partition coefficient (Wildman–Crippen LogP) is 4.80. The van der Waals surface area contributed by atoms with Gasteiger partial charge in [0.2, 0.25) is 0 Å². The molecular formula is C22H21N3OS2. The summed E-state index contributed by atoms with van der Waals surface area (Å²) in [5.41, 5.74) is 1.22. The Labute approximate surface area is 173 Å². The quantitative estimate of drug-likeness (QED) is 0.611. The van der Waals surface area contributed by atoms with Crippen molar-refractivity contribution in [3.63, 3.8) is 0 Å². The fourth-order valence-electron chi connectivity index (χ4n) is 2.81. The second kappa shape index (κ2) is 9.56. The first kappa shape index (κ1) is 20.2. The maximum absolute atomic E-state index is 12.9. The lowest BCUT2D eigenvalue weighted by molar-refractivity contribution is 0.0939. The number of carbonyl (C=O) groups excluding carboxylic acids is 1. The van der Waals surface area contributed by atoms with E-state index < -0.39 is 0 Å². The van der Waals surface area contributed by atoms with E-state index in [9.17, 15) is 10.1 Å². The van der Waals surface area contributed by atoms with Gasteiger partial charge in [0.15, 0.2) is 0 Å². The van der Waals surface area contributed by atoms with E-state index in [1.807, 2.05) is 68.0 Å². The standard InChI is InChI=1S/C22H21N3OS2/c1-25(2)18(21-12-7-13-27-21)15-24-22(26)17-9-4-6-11-20(17)28-19-10-5-3-8-16(19)14-23/h3-13,18H,15H2,1-2H3,(H,24,26). The minimum atomic E-state index is -0.110. The van der Waals surface area contributed by atoms with Crippen LogP contribution < -0.4 is 5.32 Å². The second-order valence-electron chi connectivity index (χ2n) is 6.41. The third-order valence-corrected chi connectivity index (χ3v) is 6.44. The van der Waals surface area contributed by atoms with Crippen molar-refractivity contribution >= 4 is 29.0 Å². The molecule has 1 atom stereocenters. The van der Waals surface area contributed by atoms with Crippen LogP contribution in [0.1, 0.15) is 26.8 Å². The van der Waals surface area contributed by atoms with E-state index >= 15 is 0 Å². The first-order chi connectivity index (χ1) is 13.6. The number of nitriles is 1. The zero-order valence-electron chi connectivity index (χ0n) is 15.8. The van der Waals surface area contributed by atoms with Gasteiger partial charge in [0, 0.05) is 21.2 Å². The minimum Gasteiger partial charge on any atom is -0.350 e. The zero-order valence-corrected chi connectivity index (χ0v) is 17.4. The fraction of sp³-hybridized carbons (Fsp3) is 0.182.